The molecule has 0 saturated heterocycles. The Balaban J connectivity index is 1.52. The molecule has 0 radical (unpaired) electrons. The summed E-state index contributed by atoms with van der Waals surface area (Å²) in [7, 11) is 0. The summed E-state index contributed by atoms with van der Waals surface area (Å²) in [5.74, 6) is 2.66. The predicted octanol–water partition coefficient (Wildman–Crippen LogP) is 6.85. The lowest BCUT2D eigenvalue weighted by atomic mass is 10.1. The lowest BCUT2D eigenvalue weighted by Crippen LogP contribution is -2.07. The monoisotopic (exact) mass is 422 g/mol. The Hall–Kier alpha value is -4.38. The van der Waals surface area contributed by atoms with E-state index >= 15 is 0 Å². The summed E-state index contributed by atoms with van der Waals surface area (Å²) in [4.78, 5) is 16.1. The van der Waals surface area contributed by atoms with Crippen molar-refractivity contribution in [2.75, 3.05) is 5.32 Å². The van der Waals surface area contributed by atoms with Crippen LogP contribution in [-0.2, 0) is 4.79 Å². The van der Waals surface area contributed by atoms with Crippen LogP contribution in [0.1, 0.15) is 6.92 Å². The largest absolute Gasteiger partial charge is 0.457 e. The summed E-state index contributed by atoms with van der Waals surface area (Å²) in [5.41, 5.74) is 2.40. The Bertz CT molecular complexity index is 1220. The minimum atomic E-state index is -0.176. The summed E-state index contributed by atoms with van der Waals surface area (Å²) in [5, 5.41) is 2.85. The molecule has 0 saturated carbocycles. The van der Waals surface area contributed by atoms with Gasteiger partial charge in [-0.25, -0.2) is 0 Å². The Kier molecular flexibility index (Phi) is 6.58. The molecule has 4 aromatic rings. The van der Waals surface area contributed by atoms with Gasteiger partial charge in [-0.05, 0) is 73.2 Å². The number of para-hydroxylation sites is 1. The average molecular weight is 422 g/mol. The number of carbonyl (C=O) groups is 1. The van der Waals surface area contributed by atoms with E-state index in [1.807, 2.05) is 84.9 Å². The Morgan fingerprint density at radius 2 is 1.56 bits per heavy atom. The van der Waals surface area contributed by atoms with Crippen molar-refractivity contribution in [2.45, 2.75) is 6.92 Å². The number of aromatic nitrogens is 1. The number of hydrogen-bond acceptors (Lipinski definition) is 4. The van der Waals surface area contributed by atoms with E-state index in [-0.39, 0.29) is 5.91 Å². The highest BCUT2D eigenvalue weighted by atomic mass is 16.5. The third kappa shape index (κ3) is 5.40. The standard InChI is InChI=1S/C27H22N2O3/c1-2-7-27(30)29-21-9-6-8-20(18-21)25-19-28-17-16-26(25)32-24-14-12-23(13-15-24)31-22-10-4-3-5-11-22/h2-19H,1H3,(H,29,30). The molecule has 0 aliphatic heterocycles. The zero-order valence-electron chi connectivity index (χ0n) is 17.6. The van der Waals surface area contributed by atoms with Crippen molar-refractivity contribution in [3.63, 3.8) is 0 Å². The number of hydrogen-bond donors (Lipinski definition) is 1. The number of carbonyl (C=O) groups excluding carboxylic acids is 1. The van der Waals surface area contributed by atoms with Gasteiger partial charge >= 0.3 is 0 Å². The third-order valence-electron chi connectivity index (χ3n) is 4.57. The molecule has 0 spiro atoms. The first-order chi connectivity index (χ1) is 15.7. The maximum Gasteiger partial charge on any atom is 0.248 e. The molecule has 0 fully saturated rings. The van der Waals surface area contributed by atoms with Crippen molar-refractivity contribution in [3.05, 3.63) is 109 Å². The predicted molar refractivity (Wildman–Crippen MR) is 126 cm³/mol. The number of ether oxygens (including phenoxy) is 2. The minimum absolute atomic E-state index is 0.176. The van der Waals surface area contributed by atoms with Gasteiger partial charge in [-0.3, -0.25) is 9.78 Å². The van der Waals surface area contributed by atoms with Crippen LogP contribution in [0, 0.1) is 0 Å². The zero-order valence-corrected chi connectivity index (χ0v) is 17.6. The first-order valence-corrected chi connectivity index (χ1v) is 10.2. The van der Waals surface area contributed by atoms with Crippen LogP contribution in [0.2, 0.25) is 0 Å². The number of nitrogens with zero attached hydrogens (tertiary/aromatic N) is 1. The quantitative estimate of drug-likeness (QED) is 0.331. The number of pyridine rings is 1. The molecule has 32 heavy (non-hydrogen) atoms. The maximum absolute atomic E-state index is 11.9. The van der Waals surface area contributed by atoms with Crippen molar-refractivity contribution in [3.8, 4) is 34.1 Å². The number of rotatable bonds is 7. The number of amides is 1. The van der Waals surface area contributed by atoms with Crippen molar-refractivity contribution in [1.82, 2.24) is 4.98 Å². The molecule has 5 heteroatoms. The summed E-state index contributed by atoms with van der Waals surface area (Å²) >= 11 is 0. The van der Waals surface area contributed by atoms with Gasteiger partial charge in [0, 0.05) is 23.6 Å². The molecule has 0 aliphatic rings. The highest BCUT2D eigenvalue weighted by Crippen LogP contribution is 2.34. The molecule has 3 aromatic carbocycles. The van der Waals surface area contributed by atoms with Gasteiger partial charge in [0.05, 0.1) is 0 Å². The molecule has 4 rings (SSSR count). The van der Waals surface area contributed by atoms with Gasteiger partial charge in [0.2, 0.25) is 5.91 Å². The molecule has 0 unspecified atom stereocenters. The SMILES string of the molecule is CC=CC(=O)Nc1cccc(-c2cnccc2Oc2ccc(Oc3ccccc3)cc2)c1. The van der Waals surface area contributed by atoms with Gasteiger partial charge in [0.1, 0.15) is 23.0 Å². The minimum Gasteiger partial charge on any atom is -0.457 e. The normalized spacial score (nSPS) is 10.7. The van der Waals surface area contributed by atoms with Crippen LogP contribution in [-0.4, -0.2) is 10.9 Å². The second-order valence-corrected chi connectivity index (χ2v) is 6.93. The van der Waals surface area contributed by atoms with Crippen LogP contribution in [0.3, 0.4) is 0 Å². The van der Waals surface area contributed by atoms with E-state index in [1.54, 1.807) is 25.4 Å². The maximum atomic E-state index is 11.9. The van der Waals surface area contributed by atoms with E-state index in [1.165, 1.54) is 6.08 Å². The second kappa shape index (κ2) is 10.1. The van der Waals surface area contributed by atoms with Gasteiger partial charge in [0.25, 0.3) is 0 Å². The fourth-order valence-corrected chi connectivity index (χ4v) is 3.11. The summed E-state index contributed by atoms with van der Waals surface area (Å²) in [6.07, 6.45) is 6.61. The van der Waals surface area contributed by atoms with Crippen molar-refractivity contribution in [1.29, 1.82) is 0 Å². The Morgan fingerprint density at radius 1 is 0.844 bits per heavy atom. The van der Waals surface area contributed by atoms with Crippen molar-refractivity contribution >= 4 is 11.6 Å². The summed E-state index contributed by atoms with van der Waals surface area (Å²) in [6.45, 7) is 1.80. The van der Waals surface area contributed by atoms with Crippen molar-refractivity contribution < 1.29 is 14.3 Å². The number of allylic oxidation sites excluding steroid dienone is 1. The molecule has 0 atom stereocenters. The zero-order chi connectivity index (χ0) is 22.2. The topological polar surface area (TPSA) is 60.5 Å². The average Bonchev–Trinajstić information content (AvgIpc) is 2.82. The first-order valence-electron chi connectivity index (χ1n) is 10.2. The molecule has 1 heterocycles. The van der Waals surface area contributed by atoms with Gasteiger partial charge in [0.15, 0.2) is 0 Å². The van der Waals surface area contributed by atoms with E-state index in [0.717, 1.165) is 22.6 Å². The Labute approximate surface area is 187 Å². The van der Waals surface area contributed by atoms with Crippen LogP contribution >= 0.6 is 0 Å². The molecule has 5 nitrogen and oxygen atoms in total. The molecular weight excluding hydrogens is 400 g/mol. The molecule has 1 N–H and O–H groups in total. The highest BCUT2D eigenvalue weighted by Gasteiger charge is 2.09. The number of benzene rings is 3. The van der Waals surface area contributed by atoms with E-state index in [4.69, 9.17) is 9.47 Å². The molecule has 0 aliphatic carbocycles. The van der Waals surface area contributed by atoms with E-state index < -0.39 is 0 Å². The Morgan fingerprint density at radius 3 is 2.31 bits per heavy atom. The van der Waals surface area contributed by atoms with Crippen LogP contribution < -0.4 is 14.8 Å². The molecule has 0 bridgehead atoms. The molecular formula is C27H22N2O3. The van der Waals surface area contributed by atoms with Crippen LogP contribution in [0.15, 0.2) is 109 Å². The summed E-state index contributed by atoms with van der Waals surface area (Å²) < 4.78 is 12.0. The van der Waals surface area contributed by atoms with Crippen LogP contribution in [0.4, 0.5) is 5.69 Å². The van der Waals surface area contributed by atoms with Gasteiger partial charge in [-0.1, -0.05) is 36.4 Å². The summed E-state index contributed by atoms with van der Waals surface area (Å²) in [6, 6.07) is 26.4. The molecule has 158 valence electrons. The fraction of sp³-hybridized carbons (Fsp3) is 0.0370. The highest BCUT2D eigenvalue weighted by molar-refractivity contribution is 5.99. The van der Waals surface area contributed by atoms with Crippen molar-refractivity contribution in [2.24, 2.45) is 0 Å². The molecule has 1 aromatic heterocycles. The number of nitrogens with one attached hydrogen (secondary N) is 1. The van der Waals surface area contributed by atoms with E-state index in [9.17, 15) is 4.79 Å². The second-order valence-electron chi connectivity index (χ2n) is 6.93. The van der Waals surface area contributed by atoms with E-state index in [0.29, 0.717) is 17.2 Å². The molecule has 1 amide bonds. The van der Waals surface area contributed by atoms with Gasteiger partial charge < -0.3 is 14.8 Å². The van der Waals surface area contributed by atoms with Gasteiger partial charge in [-0.2, -0.15) is 0 Å². The first kappa shape index (κ1) is 20.9. The fourth-order valence-electron chi connectivity index (χ4n) is 3.11. The van der Waals surface area contributed by atoms with Crippen LogP contribution in [0.5, 0.6) is 23.0 Å². The van der Waals surface area contributed by atoms with Gasteiger partial charge in [-0.15, -0.1) is 0 Å². The smallest absolute Gasteiger partial charge is 0.248 e. The third-order valence-corrected chi connectivity index (χ3v) is 4.57. The van der Waals surface area contributed by atoms with Crippen LogP contribution in [0.25, 0.3) is 11.1 Å². The van der Waals surface area contributed by atoms with E-state index in [2.05, 4.69) is 10.3 Å². The lowest BCUT2D eigenvalue weighted by molar-refractivity contribution is -0.111. The number of anilines is 1. The lowest BCUT2D eigenvalue weighted by Gasteiger charge is -2.12.